The molecule has 13 heavy (non-hydrogen) atoms. The molecule has 0 bridgehead atoms. The first-order valence-electron chi connectivity index (χ1n) is 3.45. The van der Waals surface area contributed by atoms with Gasteiger partial charge in [-0.2, -0.15) is 13.2 Å². The Hall–Kier alpha value is -1.24. The topological polar surface area (TPSA) is 87.9 Å². The molecule has 0 radical (unpaired) electrons. The molecular weight excluding hydrogens is 185 g/mol. The lowest BCUT2D eigenvalue weighted by molar-refractivity contribution is -0.0865. The molecule has 76 valence electrons. The minimum atomic E-state index is -4.60. The van der Waals surface area contributed by atoms with E-state index in [0.717, 1.165) is 0 Å². The van der Waals surface area contributed by atoms with Crippen molar-refractivity contribution in [1.82, 2.24) is 5.32 Å². The lowest BCUT2D eigenvalue weighted by Crippen LogP contribution is -2.34. The highest BCUT2D eigenvalue weighted by molar-refractivity contribution is 5.96. The van der Waals surface area contributed by atoms with Crippen LogP contribution in [0.15, 0.2) is 11.8 Å². The number of amidine groups is 1. The van der Waals surface area contributed by atoms with Crippen LogP contribution in [0.25, 0.3) is 0 Å². The maximum Gasteiger partial charge on any atom is 0.421 e. The van der Waals surface area contributed by atoms with Crippen molar-refractivity contribution in [1.29, 1.82) is 5.41 Å². The van der Waals surface area contributed by atoms with Crippen LogP contribution >= 0.6 is 0 Å². The number of hydrogen-bond acceptors (Lipinski definition) is 3. The normalized spacial score (nSPS) is 12.8. The van der Waals surface area contributed by atoms with Crippen molar-refractivity contribution in [2.45, 2.75) is 6.18 Å². The number of halogens is 3. The van der Waals surface area contributed by atoms with E-state index in [1.54, 1.807) is 0 Å². The van der Waals surface area contributed by atoms with Crippen LogP contribution in [0.5, 0.6) is 0 Å². The third kappa shape index (κ3) is 3.79. The van der Waals surface area contributed by atoms with Crippen LogP contribution in [0, 0.1) is 5.41 Å². The molecule has 0 aliphatic heterocycles. The van der Waals surface area contributed by atoms with Gasteiger partial charge in [0.25, 0.3) is 0 Å². The van der Waals surface area contributed by atoms with Gasteiger partial charge in [0.05, 0.1) is 0 Å². The average Bonchev–Trinajstić information content (AvgIpc) is 1.99. The van der Waals surface area contributed by atoms with E-state index in [2.05, 4.69) is 5.32 Å². The van der Waals surface area contributed by atoms with Crippen molar-refractivity contribution in [2.75, 3.05) is 13.1 Å². The predicted molar refractivity (Wildman–Crippen MR) is 43.1 cm³/mol. The van der Waals surface area contributed by atoms with E-state index < -0.39 is 17.6 Å². The molecule has 0 rings (SSSR count). The molecule has 0 aromatic heterocycles. The van der Waals surface area contributed by atoms with Gasteiger partial charge in [-0.15, -0.1) is 0 Å². The molecule has 0 heterocycles. The van der Waals surface area contributed by atoms with Gasteiger partial charge >= 0.3 is 6.18 Å². The van der Waals surface area contributed by atoms with Crippen LogP contribution < -0.4 is 16.8 Å². The van der Waals surface area contributed by atoms with E-state index >= 15 is 0 Å². The van der Waals surface area contributed by atoms with Gasteiger partial charge in [0.2, 0.25) is 0 Å². The summed E-state index contributed by atoms with van der Waals surface area (Å²) in [7, 11) is 0. The summed E-state index contributed by atoms with van der Waals surface area (Å²) in [6.07, 6.45) is -4.25. The summed E-state index contributed by atoms with van der Waals surface area (Å²) in [5, 5.41) is 9.15. The molecule has 0 amide bonds. The number of hydrogen-bond donors (Lipinski definition) is 4. The van der Waals surface area contributed by atoms with Gasteiger partial charge < -0.3 is 16.8 Å². The maximum absolute atomic E-state index is 12.0. The molecule has 7 heteroatoms. The van der Waals surface area contributed by atoms with Crippen molar-refractivity contribution < 1.29 is 13.2 Å². The lowest BCUT2D eigenvalue weighted by Gasteiger charge is -2.12. The Morgan fingerprint density at radius 1 is 1.46 bits per heavy atom. The third-order valence-corrected chi connectivity index (χ3v) is 1.19. The standard InChI is InChI=1S/C6H11F3N4/c7-6(8,9)4(3-11)5(12)13-2-1-10/h3H,1-2,10-11H2,(H2,12,13)/b4-3+. The summed E-state index contributed by atoms with van der Waals surface area (Å²) in [6.45, 7) is 0.254. The third-order valence-electron chi connectivity index (χ3n) is 1.19. The van der Waals surface area contributed by atoms with Gasteiger partial charge in [-0.25, -0.2) is 0 Å². The van der Waals surface area contributed by atoms with Crippen LogP contribution in [-0.4, -0.2) is 25.1 Å². The second kappa shape index (κ2) is 4.70. The molecule has 0 unspecified atom stereocenters. The Labute approximate surface area is 73.3 Å². The Morgan fingerprint density at radius 3 is 2.31 bits per heavy atom. The van der Waals surface area contributed by atoms with Crippen LogP contribution in [0.2, 0.25) is 0 Å². The van der Waals surface area contributed by atoms with Gasteiger partial charge in [-0.05, 0) is 0 Å². The lowest BCUT2D eigenvalue weighted by atomic mass is 10.2. The molecular formula is C6H11F3N4. The highest BCUT2D eigenvalue weighted by Crippen LogP contribution is 2.24. The summed E-state index contributed by atoms with van der Waals surface area (Å²) in [5.74, 6) is -0.763. The molecule has 0 saturated heterocycles. The molecule has 0 aliphatic rings. The van der Waals surface area contributed by atoms with Crippen LogP contribution in [-0.2, 0) is 0 Å². The largest absolute Gasteiger partial charge is 0.421 e. The second-order valence-electron chi connectivity index (χ2n) is 2.17. The molecule has 0 aromatic carbocycles. The summed E-state index contributed by atoms with van der Waals surface area (Å²) in [6, 6.07) is 0. The SMILES string of the molecule is N=C(NCCN)/C(=C\N)C(F)(F)F. The Morgan fingerprint density at radius 2 is 2.00 bits per heavy atom. The van der Waals surface area contributed by atoms with E-state index in [1.165, 1.54) is 0 Å². The molecule has 0 aliphatic carbocycles. The molecule has 0 spiro atoms. The van der Waals surface area contributed by atoms with Crippen molar-refractivity contribution in [3.05, 3.63) is 11.8 Å². The van der Waals surface area contributed by atoms with Crippen molar-refractivity contribution in [3.63, 3.8) is 0 Å². The van der Waals surface area contributed by atoms with Crippen LogP contribution in [0.3, 0.4) is 0 Å². The fraction of sp³-hybridized carbons (Fsp3) is 0.500. The zero-order valence-corrected chi connectivity index (χ0v) is 6.78. The van der Waals surface area contributed by atoms with Gasteiger partial charge in [0.15, 0.2) is 0 Å². The van der Waals surface area contributed by atoms with Gasteiger partial charge in [0.1, 0.15) is 11.4 Å². The number of nitrogens with two attached hydrogens (primary N) is 2. The number of nitrogens with one attached hydrogen (secondary N) is 2. The Bertz CT molecular complexity index is 208. The van der Waals surface area contributed by atoms with Gasteiger partial charge in [-0.3, -0.25) is 5.41 Å². The second-order valence-corrected chi connectivity index (χ2v) is 2.17. The van der Waals surface area contributed by atoms with E-state index in [1.807, 2.05) is 0 Å². The summed E-state index contributed by atoms with van der Waals surface area (Å²) >= 11 is 0. The van der Waals surface area contributed by atoms with E-state index in [-0.39, 0.29) is 13.1 Å². The first-order valence-corrected chi connectivity index (χ1v) is 3.45. The first-order chi connectivity index (χ1) is 5.93. The smallest absolute Gasteiger partial charge is 0.404 e. The van der Waals surface area contributed by atoms with Gasteiger partial charge in [-0.1, -0.05) is 0 Å². The summed E-state index contributed by atoms with van der Waals surface area (Å²) in [4.78, 5) is 0. The summed E-state index contributed by atoms with van der Waals surface area (Å²) in [5.41, 5.74) is 8.58. The minimum absolute atomic E-state index is 0.103. The Kier molecular flexibility index (Phi) is 4.26. The van der Waals surface area contributed by atoms with E-state index in [0.29, 0.717) is 6.20 Å². The average molecular weight is 196 g/mol. The van der Waals surface area contributed by atoms with Crippen LogP contribution in [0.4, 0.5) is 13.2 Å². The molecule has 4 nitrogen and oxygen atoms in total. The quantitative estimate of drug-likeness (QED) is 0.376. The molecule has 0 aromatic rings. The fourth-order valence-corrected chi connectivity index (χ4v) is 0.612. The molecule has 0 atom stereocenters. The number of alkyl halides is 3. The highest BCUT2D eigenvalue weighted by atomic mass is 19.4. The molecule has 6 N–H and O–H groups in total. The Balaban J connectivity index is 4.36. The highest BCUT2D eigenvalue weighted by Gasteiger charge is 2.36. The molecule has 0 fully saturated rings. The zero-order valence-electron chi connectivity index (χ0n) is 6.78. The van der Waals surface area contributed by atoms with Crippen LogP contribution in [0.1, 0.15) is 0 Å². The molecule has 0 saturated carbocycles. The zero-order chi connectivity index (χ0) is 10.5. The van der Waals surface area contributed by atoms with Crippen molar-refractivity contribution in [3.8, 4) is 0 Å². The first kappa shape index (κ1) is 11.8. The van der Waals surface area contributed by atoms with Crippen molar-refractivity contribution >= 4 is 5.84 Å². The van der Waals surface area contributed by atoms with Gasteiger partial charge in [0, 0.05) is 19.3 Å². The number of rotatable bonds is 3. The maximum atomic E-state index is 12.0. The van der Waals surface area contributed by atoms with E-state index in [4.69, 9.17) is 16.9 Å². The summed E-state index contributed by atoms with van der Waals surface area (Å²) < 4.78 is 36.1. The fourth-order valence-electron chi connectivity index (χ4n) is 0.612. The minimum Gasteiger partial charge on any atom is -0.404 e. The monoisotopic (exact) mass is 196 g/mol. The van der Waals surface area contributed by atoms with E-state index in [9.17, 15) is 13.2 Å². The predicted octanol–water partition coefficient (Wildman–Crippen LogP) is -0.0831. The van der Waals surface area contributed by atoms with Crippen molar-refractivity contribution in [2.24, 2.45) is 11.5 Å².